The van der Waals surface area contributed by atoms with Crippen LogP contribution in [0.4, 0.5) is 0 Å². The summed E-state index contributed by atoms with van der Waals surface area (Å²) in [5.41, 5.74) is 5.94. The summed E-state index contributed by atoms with van der Waals surface area (Å²) in [5.74, 6) is 0.830. The number of aliphatic imine (C=N–C) groups is 1. The summed E-state index contributed by atoms with van der Waals surface area (Å²) < 4.78 is 0. The highest BCUT2D eigenvalue weighted by Gasteiger charge is 2.05. The van der Waals surface area contributed by atoms with Crippen LogP contribution in [0.2, 0.25) is 0 Å². The number of nitrogens with one attached hydrogen (secondary N) is 3. The molecule has 5 nitrogen and oxygen atoms in total. The van der Waals surface area contributed by atoms with Gasteiger partial charge in [-0.25, -0.2) is 4.99 Å². The largest absolute Gasteiger partial charge is 0.361 e. The first-order valence-electron chi connectivity index (χ1n) is 10.2. The van der Waals surface area contributed by atoms with Gasteiger partial charge in [0.2, 0.25) is 0 Å². The number of nitrogens with zero attached hydrogens (tertiary/aromatic N) is 2. The number of guanidine groups is 1. The van der Waals surface area contributed by atoms with E-state index in [1.165, 1.54) is 22.0 Å². The van der Waals surface area contributed by atoms with Crippen LogP contribution in [0.25, 0.3) is 21.8 Å². The average molecular weight is 386 g/mol. The van der Waals surface area contributed by atoms with Gasteiger partial charge in [0.05, 0.1) is 12.1 Å². The monoisotopic (exact) mass is 385 g/mol. The predicted molar refractivity (Wildman–Crippen MR) is 121 cm³/mol. The zero-order valence-corrected chi connectivity index (χ0v) is 17.0. The van der Waals surface area contributed by atoms with Gasteiger partial charge in [0.15, 0.2) is 5.96 Å². The molecule has 2 heterocycles. The van der Waals surface area contributed by atoms with E-state index < -0.39 is 0 Å². The molecule has 3 N–H and O–H groups in total. The summed E-state index contributed by atoms with van der Waals surface area (Å²) in [4.78, 5) is 12.7. The first-order chi connectivity index (χ1) is 14.2. The minimum absolute atomic E-state index is 0.593. The van der Waals surface area contributed by atoms with E-state index in [-0.39, 0.29) is 0 Å². The van der Waals surface area contributed by atoms with Crippen molar-refractivity contribution < 1.29 is 0 Å². The molecule has 4 aromatic rings. The highest BCUT2D eigenvalue weighted by molar-refractivity contribution is 5.84. The van der Waals surface area contributed by atoms with Crippen LogP contribution in [0.5, 0.6) is 0 Å². The molecule has 148 valence electrons. The van der Waals surface area contributed by atoms with E-state index in [1.54, 1.807) is 0 Å². The predicted octanol–water partition coefficient (Wildman–Crippen LogP) is 4.32. The molecular weight excluding hydrogens is 358 g/mol. The maximum atomic E-state index is 4.77. The second kappa shape index (κ2) is 8.78. The Hall–Kier alpha value is -3.34. The molecule has 0 aliphatic rings. The van der Waals surface area contributed by atoms with E-state index in [0.29, 0.717) is 6.54 Å². The van der Waals surface area contributed by atoms with Crippen LogP contribution in [0, 0.1) is 6.92 Å². The van der Waals surface area contributed by atoms with Gasteiger partial charge < -0.3 is 15.6 Å². The molecule has 0 spiro atoms. The average Bonchev–Trinajstić information content (AvgIpc) is 3.14. The second-order valence-corrected chi connectivity index (χ2v) is 7.23. The van der Waals surface area contributed by atoms with Gasteiger partial charge in [-0.3, -0.25) is 4.98 Å². The lowest BCUT2D eigenvalue weighted by atomic mass is 10.1. The van der Waals surface area contributed by atoms with Crippen LogP contribution < -0.4 is 10.6 Å². The van der Waals surface area contributed by atoms with Crippen LogP contribution in [0.1, 0.15) is 23.6 Å². The van der Waals surface area contributed by atoms with Gasteiger partial charge in [0.25, 0.3) is 0 Å². The Morgan fingerprint density at radius 1 is 1.07 bits per heavy atom. The van der Waals surface area contributed by atoms with Gasteiger partial charge in [-0.1, -0.05) is 36.4 Å². The molecule has 4 rings (SSSR count). The quantitative estimate of drug-likeness (QED) is 0.342. The minimum Gasteiger partial charge on any atom is -0.361 e. The number of benzene rings is 2. The first-order valence-corrected chi connectivity index (χ1v) is 10.2. The van der Waals surface area contributed by atoms with Crippen molar-refractivity contribution >= 4 is 27.8 Å². The van der Waals surface area contributed by atoms with Crippen LogP contribution in [0.15, 0.2) is 65.9 Å². The van der Waals surface area contributed by atoms with E-state index in [4.69, 9.17) is 4.99 Å². The van der Waals surface area contributed by atoms with Crippen molar-refractivity contribution in [1.82, 2.24) is 20.6 Å². The highest BCUT2D eigenvalue weighted by Crippen LogP contribution is 2.20. The van der Waals surface area contributed by atoms with Gasteiger partial charge in [0.1, 0.15) is 0 Å². The van der Waals surface area contributed by atoms with Gasteiger partial charge in [-0.2, -0.15) is 0 Å². The summed E-state index contributed by atoms with van der Waals surface area (Å²) in [6.07, 6.45) is 4.88. The van der Waals surface area contributed by atoms with E-state index in [1.807, 2.05) is 12.3 Å². The lowest BCUT2D eigenvalue weighted by Crippen LogP contribution is -2.38. The van der Waals surface area contributed by atoms with E-state index in [2.05, 4.69) is 83.1 Å². The van der Waals surface area contributed by atoms with Crippen molar-refractivity contribution in [3.05, 3.63) is 77.6 Å². The number of para-hydroxylation sites is 1. The molecule has 2 aromatic carbocycles. The van der Waals surface area contributed by atoms with Gasteiger partial charge in [-0.05, 0) is 49.1 Å². The zero-order chi connectivity index (χ0) is 20.1. The maximum Gasteiger partial charge on any atom is 0.191 e. The van der Waals surface area contributed by atoms with Crippen molar-refractivity contribution in [2.75, 3.05) is 13.1 Å². The molecule has 0 bridgehead atoms. The van der Waals surface area contributed by atoms with Gasteiger partial charge in [-0.15, -0.1) is 0 Å². The number of pyridine rings is 1. The van der Waals surface area contributed by atoms with Crippen molar-refractivity contribution in [2.45, 2.75) is 26.8 Å². The Balaban J connectivity index is 1.43. The fourth-order valence-corrected chi connectivity index (χ4v) is 3.62. The third kappa shape index (κ3) is 4.40. The summed E-state index contributed by atoms with van der Waals surface area (Å²) >= 11 is 0. The van der Waals surface area contributed by atoms with Crippen molar-refractivity contribution in [1.29, 1.82) is 0 Å². The normalized spacial score (nSPS) is 11.9. The molecule has 0 unspecified atom stereocenters. The van der Waals surface area contributed by atoms with Crippen LogP contribution in [-0.4, -0.2) is 29.0 Å². The van der Waals surface area contributed by atoms with E-state index >= 15 is 0 Å². The molecule has 0 radical (unpaired) electrons. The lowest BCUT2D eigenvalue weighted by molar-refractivity contribution is 0.802. The molecule has 0 saturated carbocycles. The molecule has 0 atom stereocenters. The molecular formula is C24H27N5. The molecule has 29 heavy (non-hydrogen) atoms. The molecule has 0 amide bonds. The summed E-state index contributed by atoms with van der Waals surface area (Å²) in [7, 11) is 0. The number of H-pyrrole nitrogens is 1. The third-order valence-electron chi connectivity index (χ3n) is 5.08. The highest BCUT2D eigenvalue weighted by atomic mass is 15.2. The summed E-state index contributed by atoms with van der Waals surface area (Å²) in [5, 5.41) is 9.23. The minimum atomic E-state index is 0.593. The van der Waals surface area contributed by atoms with Crippen LogP contribution >= 0.6 is 0 Å². The molecule has 0 aliphatic carbocycles. The molecule has 2 aromatic heterocycles. The lowest BCUT2D eigenvalue weighted by Gasteiger charge is -2.11. The third-order valence-corrected chi connectivity index (χ3v) is 5.08. The number of aromatic nitrogens is 2. The Kier molecular flexibility index (Phi) is 5.75. The fourth-order valence-electron chi connectivity index (χ4n) is 3.62. The number of fused-ring (bicyclic) bond motifs is 2. The number of hydrogen-bond acceptors (Lipinski definition) is 2. The first kappa shape index (κ1) is 19.0. The Morgan fingerprint density at radius 3 is 2.86 bits per heavy atom. The molecule has 0 aliphatic heterocycles. The van der Waals surface area contributed by atoms with E-state index in [9.17, 15) is 0 Å². The zero-order valence-electron chi connectivity index (χ0n) is 17.0. The molecule has 5 heteroatoms. The fraction of sp³-hybridized carbons (Fsp3) is 0.250. The SMILES string of the molecule is CCNC(=NCc1cccc2cccnc12)NCCc1c[nH]c2cc(C)ccc12. The molecule has 0 saturated heterocycles. The standard InChI is InChI=1S/C24H27N5/c1-3-25-24(29-16-20-7-4-6-18-8-5-12-26-23(18)20)27-13-11-19-15-28-22-14-17(2)9-10-21(19)22/h4-10,12,14-15,28H,3,11,13,16H2,1-2H3,(H2,25,27,29). The van der Waals surface area contributed by atoms with Crippen molar-refractivity contribution in [3.63, 3.8) is 0 Å². The number of rotatable bonds is 6. The summed E-state index contributed by atoms with van der Waals surface area (Å²) in [6.45, 7) is 6.44. The Bertz CT molecular complexity index is 1140. The van der Waals surface area contributed by atoms with E-state index in [0.717, 1.165) is 41.9 Å². The van der Waals surface area contributed by atoms with Gasteiger partial charge in [0, 0.05) is 41.8 Å². The molecule has 0 fully saturated rings. The second-order valence-electron chi connectivity index (χ2n) is 7.23. The number of hydrogen-bond donors (Lipinski definition) is 3. The number of aryl methyl sites for hydroxylation is 1. The Labute approximate surface area is 171 Å². The van der Waals surface area contributed by atoms with Crippen molar-refractivity contribution in [3.8, 4) is 0 Å². The topological polar surface area (TPSA) is 65.1 Å². The van der Waals surface area contributed by atoms with Crippen molar-refractivity contribution in [2.24, 2.45) is 4.99 Å². The summed E-state index contributed by atoms with van der Waals surface area (Å²) in [6, 6.07) is 16.8. The number of aromatic amines is 1. The van der Waals surface area contributed by atoms with Crippen LogP contribution in [0.3, 0.4) is 0 Å². The van der Waals surface area contributed by atoms with Crippen LogP contribution in [-0.2, 0) is 13.0 Å². The maximum absolute atomic E-state index is 4.77. The smallest absolute Gasteiger partial charge is 0.191 e. The van der Waals surface area contributed by atoms with Gasteiger partial charge >= 0.3 is 0 Å². The Morgan fingerprint density at radius 2 is 1.97 bits per heavy atom.